The average Bonchev–Trinajstić information content (AvgIpc) is 3.50. The number of rotatable bonds is 5. The van der Waals surface area contributed by atoms with E-state index < -0.39 is 11.8 Å². The third-order valence-electron chi connectivity index (χ3n) is 4.90. The van der Waals surface area contributed by atoms with Gasteiger partial charge in [-0.3, -0.25) is 25.1 Å². The van der Waals surface area contributed by atoms with Crippen LogP contribution < -0.4 is 15.6 Å². The Bertz CT molecular complexity index is 1100. The van der Waals surface area contributed by atoms with Crippen molar-refractivity contribution >= 4 is 22.8 Å². The topological polar surface area (TPSA) is 98.1 Å². The summed E-state index contributed by atoms with van der Waals surface area (Å²) >= 11 is 0. The van der Waals surface area contributed by atoms with E-state index in [1.165, 1.54) is 0 Å². The Morgan fingerprint density at radius 1 is 1.21 bits per heavy atom. The van der Waals surface area contributed by atoms with Crippen molar-refractivity contribution in [1.82, 2.24) is 25.6 Å². The highest BCUT2D eigenvalue weighted by atomic mass is 16.5. The molecule has 1 aliphatic carbocycles. The number of hydrogen-bond donors (Lipinski definition) is 2. The Kier molecular flexibility index (Phi) is 4.92. The number of amides is 2. The van der Waals surface area contributed by atoms with Crippen LogP contribution in [-0.2, 0) is 11.8 Å². The molecule has 0 atom stereocenters. The van der Waals surface area contributed by atoms with Gasteiger partial charge in [0.25, 0.3) is 11.8 Å². The van der Waals surface area contributed by atoms with Gasteiger partial charge in [-0.1, -0.05) is 12.1 Å². The molecule has 3 aromatic rings. The predicted molar refractivity (Wildman–Crippen MR) is 108 cm³/mol. The standard InChI is InChI=1S/C21H23N5O3/c1-12-5-4-6-15(9-12)29-11-18(27)23-24-21(28)16-10-17(14-7-8-14)22-20-19(16)13(2)25-26(20)3/h4-6,9-10,14H,7-8,11H2,1-3H3,(H,23,27)(H,24,28). The molecule has 8 nitrogen and oxygen atoms in total. The van der Waals surface area contributed by atoms with Crippen molar-refractivity contribution in [2.24, 2.45) is 7.05 Å². The van der Waals surface area contributed by atoms with E-state index in [0.29, 0.717) is 28.3 Å². The summed E-state index contributed by atoms with van der Waals surface area (Å²) < 4.78 is 7.13. The third-order valence-corrected chi connectivity index (χ3v) is 4.90. The van der Waals surface area contributed by atoms with Gasteiger partial charge in [-0.05, 0) is 50.5 Å². The van der Waals surface area contributed by atoms with Gasteiger partial charge >= 0.3 is 0 Å². The summed E-state index contributed by atoms with van der Waals surface area (Å²) in [5, 5.41) is 5.08. The van der Waals surface area contributed by atoms with Crippen molar-refractivity contribution in [3.8, 4) is 5.75 Å². The van der Waals surface area contributed by atoms with Crippen LogP contribution >= 0.6 is 0 Å². The summed E-state index contributed by atoms with van der Waals surface area (Å²) in [6, 6.07) is 9.21. The van der Waals surface area contributed by atoms with Crippen molar-refractivity contribution in [2.75, 3.05) is 6.61 Å². The van der Waals surface area contributed by atoms with Crippen LogP contribution in [0, 0.1) is 13.8 Å². The minimum absolute atomic E-state index is 0.200. The van der Waals surface area contributed by atoms with E-state index in [0.717, 1.165) is 29.8 Å². The van der Waals surface area contributed by atoms with Gasteiger partial charge in [0.2, 0.25) is 0 Å². The molecule has 0 saturated heterocycles. The molecule has 1 fully saturated rings. The molecule has 2 amide bonds. The quantitative estimate of drug-likeness (QED) is 0.648. The molecule has 4 rings (SSSR count). The highest BCUT2D eigenvalue weighted by molar-refractivity contribution is 6.07. The van der Waals surface area contributed by atoms with Crippen molar-refractivity contribution < 1.29 is 14.3 Å². The molecule has 150 valence electrons. The van der Waals surface area contributed by atoms with Gasteiger partial charge in [-0.15, -0.1) is 0 Å². The van der Waals surface area contributed by atoms with Gasteiger partial charge in [-0.2, -0.15) is 5.10 Å². The molecule has 0 bridgehead atoms. The molecule has 0 aliphatic heterocycles. The maximum atomic E-state index is 12.8. The van der Waals surface area contributed by atoms with E-state index >= 15 is 0 Å². The van der Waals surface area contributed by atoms with Crippen molar-refractivity contribution in [1.29, 1.82) is 0 Å². The third kappa shape index (κ3) is 4.06. The first-order valence-corrected chi connectivity index (χ1v) is 9.55. The number of hydrogen-bond acceptors (Lipinski definition) is 5. The zero-order valence-corrected chi connectivity index (χ0v) is 16.7. The Hall–Kier alpha value is -3.42. The highest BCUT2D eigenvalue weighted by Crippen LogP contribution is 2.40. The van der Waals surface area contributed by atoms with Gasteiger partial charge in [0.1, 0.15) is 5.75 Å². The zero-order chi connectivity index (χ0) is 20.5. The number of hydrazine groups is 1. The molecule has 1 aliphatic rings. The van der Waals surface area contributed by atoms with Gasteiger partial charge < -0.3 is 4.74 Å². The molecule has 8 heteroatoms. The van der Waals surface area contributed by atoms with E-state index in [1.807, 2.05) is 39.1 Å². The molecule has 29 heavy (non-hydrogen) atoms. The van der Waals surface area contributed by atoms with Crippen LogP contribution in [0.25, 0.3) is 11.0 Å². The first-order valence-electron chi connectivity index (χ1n) is 9.55. The molecule has 2 aromatic heterocycles. The number of aryl methyl sites for hydroxylation is 3. The lowest BCUT2D eigenvalue weighted by Gasteiger charge is -2.11. The summed E-state index contributed by atoms with van der Waals surface area (Å²) in [4.78, 5) is 29.6. The van der Waals surface area contributed by atoms with Gasteiger partial charge in [0.15, 0.2) is 12.3 Å². The molecule has 0 unspecified atom stereocenters. The van der Waals surface area contributed by atoms with Crippen LogP contribution in [0.3, 0.4) is 0 Å². The lowest BCUT2D eigenvalue weighted by molar-refractivity contribution is -0.123. The molecule has 2 heterocycles. The maximum Gasteiger partial charge on any atom is 0.276 e. The lowest BCUT2D eigenvalue weighted by atomic mass is 10.1. The minimum atomic E-state index is -0.449. The van der Waals surface area contributed by atoms with E-state index in [1.54, 1.807) is 16.8 Å². The zero-order valence-electron chi connectivity index (χ0n) is 16.7. The smallest absolute Gasteiger partial charge is 0.276 e. The predicted octanol–water partition coefficient (Wildman–Crippen LogP) is 2.30. The Morgan fingerprint density at radius 3 is 2.72 bits per heavy atom. The number of aromatic nitrogens is 3. The van der Waals surface area contributed by atoms with Crippen molar-refractivity contribution in [2.45, 2.75) is 32.6 Å². The SMILES string of the molecule is Cc1cccc(OCC(=O)NNC(=O)c2cc(C3CC3)nc3c2c(C)nn3C)c1. The first kappa shape index (κ1) is 18.9. The number of ether oxygens (including phenoxy) is 1. The minimum Gasteiger partial charge on any atom is -0.484 e. The fourth-order valence-corrected chi connectivity index (χ4v) is 3.32. The van der Waals surface area contributed by atoms with Crippen LogP contribution in [0.2, 0.25) is 0 Å². The fourth-order valence-electron chi connectivity index (χ4n) is 3.32. The number of carbonyl (C=O) groups excluding carboxylic acids is 2. The van der Waals surface area contributed by atoms with Crippen LogP contribution in [0.5, 0.6) is 5.75 Å². The van der Waals surface area contributed by atoms with E-state index in [2.05, 4.69) is 20.9 Å². The number of nitrogens with zero attached hydrogens (tertiary/aromatic N) is 3. The van der Waals surface area contributed by atoms with Crippen molar-refractivity contribution in [3.63, 3.8) is 0 Å². The summed E-state index contributed by atoms with van der Waals surface area (Å²) in [5.74, 6) is 0.135. The van der Waals surface area contributed by atoms with Crippen LogP contribution in [-0.4, -0.2) is 33.2 Å². The van der Waals surface area contributed by atoms with Crippen molar-refractivity contribution in [3.05, 3.63) is 52.8 Å². The summed E-state index contributed by atoms with van der Waals surface area (Å²) in [6.07, 6.45) is 2.15. The van der Waals surface area contributed by atoms with E-state index in [9.17, 15) is 9.59 Å². The number of benzene rings is 1. The van der Waals surface area contributed by atoms with Gasteiger partial charge in [0.05, 0.1) is 16.6 Å². The highest BCUT2D eigenvalue weighted by Gasteiger charge is 2.28. The lowest BCUT2D eigenvalue weighted by Crippen LogP contribution is -2.44. The second-order valence-corrected chi connectivity index (χ2v) is 7.38. The second-order valence-electron chi connectivity index (χ2n) is 7.38. The fraction of sp³-hybridized carbons (Fsp3) is 0.333. The molecular formula is C21H23N5O3. The Labute approximate surface area is 168 Å². The first-order chi connectivity index (χ1) is 13.9. The Balaban J connectivity index is 1.45. The molecule has 1 aromatic carbocycles. The molecule has 1 saturated carbocycles. The molecule has 0 spiro atoms. The van der Waals surface area contributed by atoms with Crippen LogP contribution in [0.1, 0.15) is 46.1 Å². The summed E-state index contributed by atoms with van der Waals surface area (Å²) in [5.41, 5.74) is 8.67. The van der Waals surface area contributed by atoms with Gasteiger partial charge in [-0.25, -0.2) is 4.98 Å². The van der Waals surface area contributed by atoms with Crippen LogP contribution in [0.15, 0.2) is 30.3 Å². The largest absolute Gasteiger partial charge is 0.484 e. The van der Waals surface area contributed by atoms with E-state index in [-0.39, 0.29) is 6.61 Å². The summed E-state index contributed by atoms with van der Waals surface area (Å²) in [7, 11) is 1.81. The number of pyridine rings is 1. The second kappa shape index (κ2) is 7.54. The molecule has 0 radical (unpaired) electrons. The summed E-state index contributed by atoms with van der Waals surface area (Å²) in [6.45, 7) is 3.58. The average molecular weight is 393 g/mol. The number of nitrogens with one attached hydrogen (secondary N) is 2. The maximum absolute atomic E-state index is 12.8. The van der Waals surface area contributed by atoms with Crippen LogP contribution in [0.4, 0.5) is 0 Å². The number of fused-ring (bicyclic) bond motifs is 1. The molecular weight excluding hydrogens is 370 g/mol. The Morgan fingerprint density at radius 2 is 2.00 bits per heavy atom. The monoisotopic (exact) mass is 393 g/mol. The normalized spacial score (nSPS) is 13.3. The number of carbonyl (C=O) groups is 2. The molecule has 2 N–H and O–H groups in total. The van der Waals surface area contributed by atoms with E-state index in [4.69, 9.17) is 4.74 Å². The van der Waals surface area contributed by atoms with Gasteiger partial charge in [0, 0.05) is 18.7 Å².